The van der Waals surface area contributed by atoms with Crippen molar-refractivity contribution in [3.63, 3.8) is 0 Å². The van der Waals surface area contributed by atoms with Gasteiger partial charge in [0.15, 0.2) is 11.2 Å². The molecule has 0 spiro atoms. The van der Waals surface area contributed by atoms with E-state index in [2.05, 4.69) is 235 Å². The fraction of sp³-hybridized carbons (Fsp3) is 0.175. The van der Waals surface area contributed by atoms with Gasteiger partial charge in [-0.2, -0.15) is 0 Å². The van der Waals surface area contributed by atoms with E-state index in [1.807, 2.05) is 12.1 Å². The Bertz CT molecular complexity index is 3740. The van der Waals surface area contributed by atoms with E-state index in [1.54, 1.807) is 0 Å². The van der Waals surface area contributed by atoms with Crippen LogP contribution in [0.5, 0.6) is 0 Å². The topological polar surface area (TPSA) is 32.8 Å². The maximum atomic E-state index is 6.70. The fourth-order valence-electron chi connectivity index (χ4n) is 10.6. The van der Waals surface area contributed by atoms with E-state index in [1.165, 1.54) is 44.2 Å². The third-order valence-electron chi connectivity index (χ3n) is 14.3. The Morgan fingerprint density at radius 3 is 1.34 bits per heavy atom. The lowest BCUT2D eigenvalue weighted by atomic mass is 9.81. The molecule has 11 aromatic rings. The summed E-state index contributed by atoms with van der Waals surface area (Å²) in [5, 5.41) is 6.86. The number of furan rings is 2. The molecule has 0 aliphatic heterocycles. The predicted octanol–water partition coefficient (Wildman–Crippen LogP) is 18.5. The molecule has 0 amide bonds. The zero-order valence-corrected chi connectivity index (χ0v) is 39.5. The van der Waals surface area contributed by atoms with Gasteiger partial charge in [-0.3, -0.25) is 0 Å². The van der Waals surface area contributed by atoms with Crippen molar-refractivity contribution >= 4 is 88.8 Å². The summed E-state index contributed by atoms with van der Waals surface area (Å²) >= 11 is 0. The molecule has 328 valence electrons. The molecule has 4 nitrogen and oxygen atoms in total. The highest BCUT2D eigenvalue weighted by molar-refractivity contribution is 6.12. The zero-order valence-electron chi connectivity index (χ0n) is 39.5. The van der Waals surface area contributed by atoms with Crippen LogP contribution in [0.1, 0.15) is 77.6 Å². The molecular weight excluding hydrogens is 817 g/mol. The molecule has 67 heavy (non-hydrogen) atoms. The maximum absolute atomic E-state index is 6.70. The van der Waals surface area contributed by atoms with Crippen molar-refractivity contribution in [2.75, 3.05) is 9.80 Å². The van der Waals surface area contributed by atoms with Gasteiger partial charge in [0.1, 0.15) is 11.2 Å². The Morgan fingerprint density at radius 2 is 0.821 bits per heavy atom. The van der Waals surface area contributed by atoms with E-state index in [-0.39, 0.29) is 16.2 Å². The minimum atomic E-state index is -0.277. The number of nitrogens with zero attached hydrogens (tertiary/aromatic N) is 2. The van der Waals surface area contributed by atoms with Crippen molar-refractivity contribution in [2.45, 2.75) is 71.6 Å². The molecule has 2 heterocycles. The van der Waals surface area contributed by atoms with Gasteiger partial charge in [-0.15, -0.1) is 0 Å². The standard InChI is InChI=1S/C63H54N2O2/c1-61(2,3)41-24-29-43(30-25-41)64(55-19-13-17-50-48-15-9-11-21-57(48)66-59(50)55)45-28-23-39-36-52-47-34-33-46(38-54(47)63(7,8)53(52)37-40(39)35-45)65(44-31-26-42(27-32-44)62(4,5)6)56-20-14-18-51-49-16-10-12-22-58(49)67-60(51)56/h9-38H,1-8H3. The van der Waals surface area contributed by atoms with E-state index >= 15 is 0 Å². The van der Waals surface area contributed by atoms with Gasteiger partial charge in [-0.1, -0.05) is 152 Å². The second kappa shape index (κ2) is 14.7. The molecule has 0 saturated heterocycles. The second-order valence-electron chi connectivity index (χ2n) is 21.1. The van der Waals surface area contributed by atoms with Crippen molar-refractivity contribution < 1.29 is 8.83 Å². The summed E-state index contributed by atoms with van der Waals surface area (Å²) in [6.07, 6.45) is 0. The first-order valence-electron chi connectivity index (χ1n) is 23.6. The van der Waals surface area contributed by atoms with Gasteiger partial charge < -0.3 is 18.6 Å². The number of hydrogen-bond acceptors (Lipinski definition) is 4. The molecule has 0 unspecified atom stereocenters. The van der Waals surface area contributed by atoms with Crippen molar-refractivity contribution in [1.82, 2.24) is 0 Å². The number of hydrogen-bond donors (Lipinski definition) is 0. The third kappa shape index (κ3) is 6.56. The van der Waals surface area contributed by atoms with Gasteiger partial charge in [0.05, 0.1) is 11.4 Å². The highest BCUT2D eigenvalue weighted by Crippen LogP contribution is 2.53. The average molecular weight is 871 g/mol. The minimum Gasteiger partial charge on any atom is -0.454 e. The summed E-state index contributed by atoms with van der Waals surface area (Å²) < 4.78 is 13.4. The summed E-state index contributed by atoms with van der Waals surface area (Å²) in [5.74, 6) is 0. The molecule has 0 radical (unpaired) electrons. The van der Waals surface area contributed by atoms with Crippen LogP contribution in [0.15, 0.2) is 191 Å². The Balaban J connectivity index is 0.990. The molecule has 0 bridgehead atoms. The molecule has 0 fully saturated rings. The van der Waals surface area contributed by atoms with E-state index < -0.39 is 0 Å². The van der Waals surface area contributed by atoms with E-state index in [9.17, 15) is 0 Å². The molecule has 12 rings (SSSR count). The smallest absolute Gasteiger partial charge is 0.159 e. The molecule has 4 heteroatoms. The van der Waals surface area contributed by atoms with E-state index in [0.29, 0.717) is 0 Å². The maximum Gasteiger partial charge on any atom is 0.159 e. The van der Waals surface area contributed by atoms with Crippen molar-refractivity contribution in [3.05, 3.63) is 204 Å². The van der Waals surface area contributed by atoms with Crippen LogP contribution in [0.2, 0.25) is 0 Å². The van der Waals surface area contributed by atoms with Gasteiger partial charge >= 0.3 is 0 Å². The Kier molecular flexibility index (Phi) is 8.99. The van der Waals surface area contributed by atoms with Crippen LogP contribution >= 0.6 is 0 Å². The van der Waals surface area contributed by atoms with Crippen molar-refractivity contribution in [3.8, 4) is 11.1 Å². The Morgan fingerprint density at radius 1 is 0.373 bits per heavy atom. The van der Waals surface area contributed by atoms with Gasteiger partial charge in [-0.05, 0) is 140 Å². The summed E-state index contributed by atoms with van der Waals surface area (Å²) in [7, 11) is 0. The van der Waals surface area contributed by atoms with Crippen molar-refractivity contribution in [2.24, 2.45) is 0 Å². The van der Waals surface area contributed by atoms with Crippen LogP contribution in [-0.4, -0.2) is 0 Å². The first-order valence-corrected chi connectivity index (χ1v) is 23.6. The lowest BCUT2D eigenvalue weighted by Crippen LogP contribution is -2.17. The molecule has 0 atom stereocenters. The molecule has 2 aromatic heterocycles. The first kappa shape index (κ1) is 40.9. The van der Waals surface area contributed by atoms with Gasteiger partial charge in [0, 0.05) is 49.7 Å². The highest BCUT2D eigenvalue weighted by atomic mass is 16.3. The zero-order chi connectivity index (χ0) is 46.0. The monoisotopic (exact) mass is 870 g/mol. The number of rotatable bonds is 6. The van der Waals surface area contributed by atoms with Crippen LogP contribution in [-0.2, 0) is 16.2 Å². The molecule has 0 N–H and O–H groups in total. The van der Waals surface area contributed by atoms with Crippen LogP contribution < -0.4 is 9.80 Å². The lowest BCUT2D eigenvalue weighted by molar-refractivity contribution is 0.590. The van der Waals surface area contributed by atoms with E-state index in [0.717, 1.165) is 78.0 Å². The van der Waals surface area contributed by atoms with Crippen LogP contribution in [0.4, 0.5) is 34.1 Å². The van der Waals surface area contributed by atoms with Gasteiger partial charge in [0.2, 0.25) is 0 Å². The van der Waals surface area contributed by atoms with Gasteiger partial charge in [0.25, 0.3) is 0 Å². The quantitative estimate of drug-likeness (QED) is 0.167. The minimum absolute atomic E-state index is 0.0361. The number of anilines is 6. The number of benzene rings is 9. The summed E-state index contributed by atoms with van der Waals surface area (Å²) in [6.45, 7) is 18.4. The predicted molar refractivity (Wildman–Crippen MR) is 283 cm³/mol. The van der Waals surface area contributed by atoms with Crippen LogP contribution in [0.3, 0.4) is 0 Å². The van der Waals surface area contributed by atoms with Crippen molar-refractivity contribution in [1.29, 1.82) is 0 Å². The molecule has 0 saturated carbocycles. The normalized spacial score (nSPS) is 13.5. The molecular formula is C63H54N2O2. The Labute approximate surface area is 392 Å². The Hall–Kier alpha value is -7.56. The summed E-state index contributed by atoms with van der Waals surface area (Å²) in [4.78, 5) is 4.74. The lowest BCUT2D eigenvalue weighted by Gasteiger charge is -2.29. The first-order chi connectivity index (χ1) is 32.2. The largest absolute Gasteiger partial charge is 0.454 e. The number of para-hydroxylation sites is 4. The summed E-state index contributed by atoms with van der Waals surface area (Å²) in [6, 6.07) is 66.6. The molecule has 1 aliphatic rings. The third-order valence-corrected chi connectivity index (χ3v) is 14.3. The van der Waals surface area contributed by atoms with Gasteiger partial charge in [-0.25, -0.2) is 0 Å². The highest BCUT2D eigenvalue weighted by Gasteiger charge is 2.37. The average Bonchev–Trinajstić information content (AvgIpc) is 3.97. The number of fused-ring (bicyclic) bond motifs is 10. The van der Waals surface area contributed by atoms with Crippen LogP contribution in [0, 0.1) is 0 Å². The van der Waals surface area contributed by atoms with E-state index in [4.69, 9.17) is 8.83 Å². The molecule has 9 aromatic carbocycles. The summed E-state index contributed by atoms with van der Waals surface area (Å²) in [5.41, 5.74) is 17.5. The molecule has 1 aliphatic carbocycles. The second-order valence-corrected chi connectivity index (χ2v) is 21.1. The fourth-order valence-corrected chi connectivity index (χ4v) is 10.6. The van der Waals surface area contributed by atoms with Crippen LogP contribution in [0.25, 0.3) is 65.8 Å². The SMILES string of the molecule is CC(C)(C)c1ccc(N(c2ccc3c(c2)C(C)(C)c2cc4cc(N(c5ccc(C(C)(C)C)cc5)c5cccc6c5oc5ccccc56)ccc4cc2-3)c2cccc3c2oc2ccccc23)cc1.